The van der Waals surface area contributed by atoms with E-state index in [1.165, 1.54) is 11.3 Å². The van der Waals surface area contributed by atoms with Crippen LogP contribution in [0.25, 0.3) is 0 Å². The van der Waals surface area contributed by atoms with Gasteiger partial charge < -0.3 is 20.3 Å². The van der Waals surface area contributed by atoms with Crippen LogP contribution < -0.4 is 10.6 Å². The van der Waals surface area contributed by atoms with Gasteiger partial charge in [0.05, 0.1) is 13.2 Å². The number of ether oxygens (including phenoxy) is 1. The number of hydrogen-bond donors (Lipinski definition) is 1. The largest absolute Gasteiger partial charge is 0.378 e. The Morgan fingerprint density at radius 3 is 2.75 bits per heavy atom. The summed E-state index contributed by atoms with van der Waals surface area (Å²) in [5.41, 5.74) is 7.80. The number of benzene rings is 1. The van der Waals surface area contributed by atoms with Crippen molar-refractivity contribution in [3.05, 3.63) is 29.8 Å². The number of nitrogens with zero attached hydrogens (tertiary/aromatic N) is 2. The van der Waals surface area contributed by atoms with Gasteiger partial charge in [0.15, 0.2) is 0 Å². The van der Waals surface area contributed by atoms with Gasteiger partial charge in [-0.05, 0) is 11.6 Å². The summed E-state index contributed by atoms with van der Waals surface area (Å²) in [6, 6.07) is 8.25. The molecule has 1 aromatic carbocycles. The van der Waals surface area contributed by atoms with Crippen molar-refractivity contribution in [3.63, 3.8) is 0 Å². The number of hydrogen-bond acceptors (Lipinski definition) is 4. The Kier molecular flexibility index (Phi) is 5.38. The van der Waals surface area contributed by atoms with E-state index in [1.54, 1.807) is 4.90 Å². The number of anilines is 1. The van der Waals surface area contributed by atoms with Gasteiger partial charge in [0.1, 0.15) is 0 Å². The van der Waals surface area contributed by atoms with Crippen LogP contribution in [0.3, 0.4) is 0 Å². The van der Waals surface area contributed by atoms with Crippen LogP contribution in [0.5, 0.6) is 0 Å². The average molecular weight is 277 g/mol. The molecule has 0 saturated carbocycles. The Morgan fingerprint density at radius 2 is 2.05 bits per heavy atom. The first-order chi connectivity index (χ1) is 9.72. The van der Waals surface area contributed by atoms with E-state index in [0.29, 0.717) is 19.5 Å². The number of rotatable bonds is 5. The van der Waals surface area contributed by atoms with E-state index in [-0.39, 0.29) is 5.91 Å². The molecule has 0 atom stereocenters. The summed E-state index contributed by atoms with van der Waals surface area (Å²) in [6.45, 7) is 4.34. The van der Waals surface area contributed by atoms with Gasteiger partial charge in [-0.1, -0.05) is 18.2 Å². The van der Waals surface area contributed by atoms with Crippen molar-refractivity contribution in [3.8, 4) is 0 Å². The lowest BCUT2D eigenvalue weighted by Crippen LogP contribution is -2.37. The molecule has 0 spiro atoms. The maximum absolute atomic E-state index is 11.8. The standard InChI is InChI=1S/C15H23N3O2/c1-17(15(19)6-7-16)12-13-4-2-3-5-14(13)18-8-10-20-11-9-18/h2-5H,6-12,16H2,1H3. The minimum Gasteiger partial charge on any atom is -0.378 e. The Labute approximate surface area is 120 Å². The highest BCUT2D eigenvalue weighted by molar-refractivity contribution is 5.76. The first kappa shape index (κ1) is 14.8. The third kappa shape index (κ3) is 3.71. The summed E-state index contributed by atoms with van der Waals surface area (Å²) in [5.74, 6) is 0.0873. The van der Waals surface area contributed by atoms with E-state index in [9.17, 15) is 4.79 Å². The zero-order valence-electron chi connectivity index (χ0n) is 12.0. The Balaban J connectivity index is 2.09. The Bertz CT molecular complexity index is 444. The molecular weight excluding hydrogens is 254 g/mol. The number of nitrogens with two attached hydrogens (primary N) is 1. The lowest BCUT2D eigenvalue weighted by atomic mass is 10.1. The smallest absolute Gasteiger partial charge is 0.223 e. The van der Waals surface area contributed by atoms with Crippen LogP contribution in [0.4, 0.5) is 5.69 Å². The topological polar surface area (TPSA) is 58.8 Å². The second kappa shape index (κ2) is 7.26. The van der Waals surface area contributed by atoms with Gasteiger partial charge in [-0.25, -0.2) is 0 Å². The lowest BCUT2D eigenvalue weighted by Gasteiger charge is -2.31. The quantitative estimate of drug-likeness (QED) is 0.866. The van der Waals surface area contributed by atoms with Crippen molar-refractivity contribution in [2.45, 2.75) is 13.0 Å². The van der Waals surface area contributed by atoms with Crippen LogP contribution in [0, 0.1) is 0 Å². The molecule has 2 N–H and O–H groups in total. The normalized spacial score (nSPS) is 15.2. The lowest BCUT2D eigenvalue weighted by molar-refractivity contribution is -0.130. The van der Waals surface area contributed by atoms with Gasteiger partial charge in [0.25, 0.3) is 0 Å². The SMILES string of the molecule is CN(Cc1ccccc1N1CCOCC1)C(=O)CCN. The molecule has 1 aliphatic rings. The van der Waals surface area contributed by atoms with Crippen LogP contribution in [0.2, 0.25) is 0 Å². The molecule has 0 aromatic heterocycles. The molecule has 1 saturated heterocycles. The van der Waals surface area contributed by atoms with Crippen molar-refractivity contribution in [2.24, 2.45) is 5.73 Å². The van der Waals surface area contributed by atoms with Gasteiger partial charge >= 0.3 is 0 Å². The average Bonchev–Trinajstić information content (AvgIpc) is 2.49. The fourth-order valence-corrected chi connectivity index (χ4v) is 2.42. The van der Waals surface area contributed by atoms with E-state index in [1.807, 2.05) is 19.2 Å². The highest BCUT2D eigenvalue weighted by atomic mass is 16.5. The first-order valence-corrected chi connectivity index (χ1v) is 7.07. The van der Waals surface area contributed by atoms with Crippen LogP contribution in [-0.2, 0) is 16.1 Å². The van der Waals surface area contributed by atoms with E-state index in [4.69, 9.17) is 10.5 Å². The predicted octanol–water partition coefficient (Wildman–Crippen LogP) is 0.830. The van der Waals surface area contributed by atoms with Gasteiger partial charge in [0.2, 0.25) is 5.91 Å². The summed E-state index contributed by atoms with van der Waals surface area (Å²) >= 11 is 0. The molecule has 1 fully saturated rings. The van der Waals surface area contributed by atoms with Crippen LogP contribution in [0.1, 0.15) is 12.0 Å². The third-order valence-corrected chi connectivity index (χ3v) is 3.53. The van der Waals surface area contributed by atoms with Gasteiger partial charge in [0, 0.05) is 45.3 Å². The molecule has 1 aromatic rings. The number of para-hydroxylation sites is 1. The van der Waals surface area contributed by atoms with Crippen molar-refractivity contribution < 1.29 is 9.53 Å². The summed E-state index contributed by atoms with van der Waals surface area (Å²) in [7, 11) is 1.83. The van der Waals surface area contributed by atoms with Gasteiger partial charge in [-0.15, -0.1) is 0 Å². The predicted molar refractivity (Wildman–Crippen MR) is 79.6 cm³/mol. The fourth-order valence-electron chi connectivity index (χ4n) is 2.42. The van der Waals surface area contributed by atoms with E-state index in [0.717, 1.165) is 26.3 Å². The van der Waals surface area contributed by atoms with Crippen LogP contribution in [-0.4, -0.2) is 50.7 Å². The second-order valence-electron chi connectivity index (χ2n) is 5.02. The molecular formula is C15H23N3O2. The number of carbonyl (C=O) groups is 1. The molecule has 0 radical (unpaired) electrons. The van der Waals surface area contributed by atoms with E-state index in [2.05, 4.69) is 17.0 Å². The molecule has 20 heavy (non-hydrogen) atoms. The summed E-state index contributed by atoms with van der Waals surface area (Å²) < 4.78 is 5.39. The summed E-state index contributed by atoms with van der Waals surface area (Å²) in [4.78, 5) is 15.9. The van der Waals surface area contributed by atoms with Gasteiger partial charge in [-0.2, -0.15) is 0 Å². The minimum atomic E-state index is 0.0873. The molecule has 1 heterocycles. The Hall–Kier alpha value is -1.59. The first-order valence-electron chi connectivity index (χ1n) is 7.07. The molecule has 5 heteroatoms. The van der Waals surface area contributed by atoms with Crippen LogP contribution in [0.15, 0.2) is 24.3 Å². The van der Waals surface area contributed by atoms with Crippen molar-refractivity contribution in [1.82, 2.24) is 4.90 Å². The summed E-state index contributed by atoms with van der Waals surface area (Å²) in [6.07, 6.45) is 0.399. The maximum atomic E-state index is 11.8. The van der Waals surface area contributed by atoms with E-state index >= 15 is 0 Å². The highest BCUT2D eigenvalue weighted by Gasteiger charge is 2.16. The third-order valence-electron chi connectivity index (χ3n) is 3.53. The van der Waals surface area contributed by atoms with E-state index < -0.39 is 0 Å². The highest BCUT2D eigenvalue weighted by Crippen LogP contribution is 2.22. The molecule has 110 valence electrons. The second-order valence-corrected chi connectivity index (χ2v) is 5.02. The fraction of sp³-hybridized carbons (Fsp3) is 0.533. The van der Waals surface area contributed by atoms with Crippen molar-refractivity contribution >= 4 is 11.6 Å². The molecule has 2 rings (SSSR count). The van der Waals surface area contributed by atoms with Crippen molar-refractivity contribution in [1.29, 1.82) is 0 Å². The zero-order valence-corrected chi connectivity index (χ0v) is 12.0. The van der Waals surface area contributed by atoms with Crippen molar-refractivity contribution in [2.75, 3.05) is 44.8 Å². The Morgan fingerprint density at radius 1 is 1.35 bits per heavy atom. The molecule has 0 unspecified atom stereocenters. The summed E-state index contributed by atoms with van der Waals surface area (Å²) in [5, 5.41) is 0. The minimum absolute atomic E-state index is 0.0873. The van der Waals surface area contributed by atoms with Crippen LogP contribution >= 0.6 is 0 Å². The molecule has 0 bridgehead atoms. The maximum Gasteiger partial charge on any atom is 0.223 e. The number of carbonyl (C=O) groups excluding carboxylic acids is 1. The monoisotopic (exact) mass is 277 g/mol. The molecule has 5 nitrogen and oxygen atoms in total. The number of morpholine rings is 1. The number of amides is 1. The molecule has 0 aliphatic carbocycles. The van der Waals surface area contributed by atoms with Gasteiger partial charge in [-0.3, -0.25) is 4.79 Å². The molecule has 1 aliphatic heterocycles. The molecule has 1 amide bonds. The zero-order chi connectivity index (χ0) is 14.4.